The Balaban J connectivity index is 2.11. The van der Waals surface area contributed by atoms with Gasteiger partial charge in [-0.25, -0.2) is 4.99 Å². The van der Waals surface area contributed by atoms with Gasteiger partial charge in [0, 0.05) is 12.7 Å². The minimum absolute atomic E-state index is 0.979. The molecule has 0 aromatic heterocycles. The molecule has 0 saturated heterocycles. The predicted octanol–water partition coefficient (Wildman–Crippen LogP) is 3.79. The van der Waals surface area contributed by atoms with Crippen LogP contribution in [0.25, 0.3) is 0 Å². The lowest BCUT2D eigenvalue weighted by Crippen LogP contribution is -2.13. The minimum Gasteiger partial charge on any atom is -0.336 e. The summed E-state index contributed by atoms with van der Waals surface area (Å²) in [7, 11) is 1.99. The SMILES string of the molecule is Cc1cccc(N=CN(C)c2ccccc2)c1. The molecule has 0 heterocycles. The van der Waals surface area contributed by atoms with Gasteiger partial charge < -0.3 is 4.90 Å². The number of aryl methyl sites for hydroxylation is 1. The minimum atomic E-state index is 0.979. The van der Waals surface area contributed by atoms with E-state index in [1.165, 1.54) is 5.56 Å². The second-order valence-electron chi connectivity index (χ2n) is 4.03. The van der Waals surface area contributed by atoms with Crippen molar-refractivity contribution in [3.05, 3.63) is 60.2 Å². The van der Waals surface area contributed by atoms with Crippen molar-refractivity contribution >= 4 is 17.7 Å². The van der Waals surface area contributed by atoms with Gasteiger partial charge in [-0.05, 0) is 36.8 Å². The standard InChI is InChI=1S/C15H16N2/c1-13-7-6-8-14(11-13)16-12-17(2)15-9-4-3-5-10-15/h3-12H,1-2H3. The van der Waals surface area contributed by atoms with Gasteiger partial charge in [-0.1, -0.05) is 30.3 Å². The summed E-state index contributed by atoms with van der Waals surface area (Å²) >= 11 is 0. The molecule has 2 aromatic rings. The maximum atomic E-state index is 4.44. The van der Waals surface area contributed by atoms with Crippen LogP contribution in [0.1, 0.15) is 5.56 Å². The molecule has 0 atom stereocenters. The number of hydrogen-bond donors (Lipinski definition) is 0. The van der Waals surface area contributed by atoms with E-state index in [0.29, 0.717) is 0 Å². The maximum Gasteiger partial charge on any atom is 0.0954 e. The van der Waals surface area contributed by atoms with Gasteiger partial charge in [0.25, 0.3) is 0 Å². The van der Waals surface area contributed by atoms with Gasteiger partial charge in [-0.15, -0.1) is 0 Å². The van der Waals surface area contributed by atoms with Gasteiger partial charge >= 0.3 is 0 Å². The van der Waals surface area contributed by atoms with Crippen molar-refractivity contribution in [2.75, 3.05) is 11.9 Å². The summed E-state index contributed by atoms with van der Waals surface area (Å²) in [4.78, 5) is 6.45. The maximum absolute atomic E-state index is 4.44. The molecule has 0 aliphatic carbocycles. The molecule has 2 rings (SSSR count). The summed E-state index contributed by atoms with van der Waals surface area (Å²) in [6.07, 6.45) is 1.84. The first-order valence-electron chi connectivity index (χ1n) is 5.64. The zero-order valence-corrected chi connectivity index (χ0v) is 10.2. The number of nitrogens with zero attached hydrogens (tertiary/aromatic N) is 2. The highest BCUT2D eigenvalue weighted by atomic mass is 15.1. The van der Waals surface area contributed by atoms with Gasteiger partial charge in [-0.3, -0.25) is 0 Å². The molecule has 86 valence electrons. The summed E-state index contributed by atoms with van der Waals surface area (Å²) in [6.45, 7) is 2.07. The van der Waals surface area contributed by atoms with E-state index in [1.54, 1.807) is 0 Å². The van der Waals surface area contributed by atoms with Crippen molar-refractivity contribution in [1.82, 2.24) is 0 Å². The quantitative estimate of drug-likeness (QED) is 0.572. The van der Waals surface area contributed by atoms with Crippen molar-refractivity contribution in [2.45, 2.75) is 6.92 Å². The van der Waals surface area contributed by atoms with Crippen molar-refractivity contribution in [2.24, 2.45) is 4.99 Å². The Kier molecular flexibility index (Phi) is 3.55. The summed E-state index contributed by atoms with van der Waals surface area (Å²) in [5.41, 5.74) is 3.33. The van der Waals surface area contributed by atoms with Crippen LogP contribution < -0.4 is 4.90 Å². The molecule has 0 aliphatic rings. The Morgan fingerprint density at radius 3 is 2.47 bits per heavy atom. The van der Waals surface area contributed by atoms with Gasteiger partial charge in [0.1, 0.15) is 0 Å². The van der Waals surface area contributed by atoms with Gasteiger partial charge in [0.2, 0.25) is 0 Å². The fourth-order valence-corrected chi connectivity index (χ4v) is 1.59. The number of aliphatic imine (C=N–C) groups is 1. The molecule has 17 heavy (non-hydrogen) atoms. The molecule has 0 saturated carbocycles. The van der Waals surface area contributed by atoms with Crippen LogP contribution in [0.2, 0.25) is 0 Å². The summed E-state index contributed by atoms with van der Waals surface area (Å²) in [5.74, 6) is 0. The normalized spacial score (nSPS) is 10.7. The van der Waals surface area contributed by atoms with E-state index in [-0.39, 0.29) is 0 Å². The second kappa shape index (κ2) is 5.30. The third-order valence-corrected chi connectivity index (χ3v) is 2.55. The topological polar surface area (TPSA) is 15.6 Å². The first-order valence-corrected chi connectivity index (χ1v) is 5.64. The molecule has 0 radical (unpaired) electrons. The van der Waals surface area contributed by atoms with Crippen LogP contribution in [0.3, 0.4) is 0 Å². The van der Waals surface area contributed by atoms with Gasteiger partial charge in [0.15, 0.2) is 0 Å². The second-order valence-corrected chi connectivity index (χ2v) is 4.03. The van der Waals surface area contributed by atoms with Gasteiger partial charge in [-0.2, -0.15) is 0 Å². The molecule has 0 spiro atoms. The van der Waals surface area contributed by atoms with Crippen molar-refractivity contribution in [3.8, 4) is 0 Å². The fraction of sp³-hybridized carbons (Fsp3) is 0.133. The average molecular weight is 224 g/mol. The highest BCUT2D eigenvalue weighted by Gasteiger charge is 1.95. The molecule has 0 N–H and O–H groups in total. The summed E-state index contributed by atoms with van der Waals surface area (Å²) in [5, 5.41) is 0. The molecule has 0 bridgehead atoms. The van der Waals surface area contributed by atoms with Crippen molar-refractivity contribution in [1.29, 1.82) is 0 Å². The first-order chi connectivity index (χ1) is 8.25. The smallest absolute Gasteiger partial charge is 0.0954 e. The predicted molar refractivity (Wildman–Crippen MR) is 74.2 cm³/mol. The molecule has 0 amide bonds. The third kappa shape index (κ3) is 3.18. The monoisotopic (exact) mass is 224 g/mol. The molecule has 0 fully saturated rings. The van der Waals surface area contributed by atoms with Crippen LogP contribution in [-0.4, -0.2) is 13.4 Å². The zero-order chi connectivity index (χ0) is 12.1. The van der Waals surface area contributed by atoms with Crippen LogP contribution in [0.15, 0.2) is 59.6 Å². The van der Waals surface area contributed by atoms with Crippen LogP contribution >= 0.6 is 0 Å². The third-order valence-electron chi connectivity index (χ3n) is 2.55. The van der Waals surface area contributed by atoms with E-state index in [4.69, 9.17) is 0 Å². The van der Waals surface area contributed by atoms with E-state index < -0.39 is 0 Å². The van der Waals surface area contributed by atoms with E-state index in [2.05, 4.69) is 36.2 Å². The molecular weight excluding hydrogens is 208 g/mol. The lowest BCUT2D eigenvalue weighted by atomic mass is 10.2. The molecule has 0 aliphatic heterocycles. The number of para-hydroxylation sites is 1. The van der Waals surface area contributed by atoms with Crippen LogP contribution in [0, 0.1) is 6.92 Å². The highest BCUT2D eigenvalue weighted by molar-refractivity contribution is 5.80. The lowest BCUT2D eigenvalue weighted by Gasteiger charge is -2.12. The summed E-state index contributed by atoms with van der Waals surface area (Å²) in [6, 6.07) is 18.3. The highest BCUT2D eigenvalue weighted by Crippen LogP contribution is 2.14. The van der Waals surface area contributed by atoms with Crippen molar-refractivity contribution in [3.63, 3.8) is 0 Å². The number of hydrogen-bond acceptors (Lipinski definition) is 1. The molecular formula is C15H16N2. The number of benzene rings is 2. The first kappa shape index (κ1) is 11.4. The summed E-state index contributed by atoms with van der Waals surface area (Å²) < 4.78 is 0. The molecule has 0 unspecified atom stereocenters. The zero-order valence-electron chi connectivity index (χ0n) is 10.2. The molecule has 2 aromatic carbocycles. The Morgan fingerprint density at radius 2 is 1.76 bits per heavy atom. The Bertz CT molecular complexity index is 503. The van der Waals surface area contributed by atoms with Crippen LogP contribution in [0.4, 0.5) is 11.4 Å². The molecule has 2 heteroatoms. The number of rotatable bonds is 3. The van der Waals surface area contributed by atoms with E-state index >= 15 is 0 Å². The Hall–Kier alpha value is -2.09. The van der Waals surface area contributed by atoms with E-state index in [1.807, 2.05) is 48.6 Å². The number of anilines is 1. The Morgan fingerprint density at radius 1 is 1.00 bits per heavy atom. The van der Waals surface area contributed by atoms with Crippen LogP contribution in [-0.2, 0) is 0 Å². The largest absolute Gasteiger partial charge is 0.336 e. The van der Waals surface area contributed by atoms with E-state index in [9.17, 15) is 0 Å². The van der Waals surface area contributed by atoms with Crippen molar-refractivity contribution < 1.29 is 0 Å². The van der Waals surface area contributed by atoms with Crippen LogP contribution in [0.5, 0.6) is 0 Å². The Labute approximate surface area is 102 Å². The van der Waals surface area contributed by atoms with E-state index in [0.717, 1.165) is 11.4 Å². The lowest BCUT2D eigenvalue weighted by molar-refractivity contribution is 1.28. The van der Waals surface area contributed by atoms with Gasteiger partial charge in [0.05, 0.1) is 12.0 Å². The molecule has 2 nitrogen and oxygen atoms in total. The fourth-order valence-electron chi connectivity index (χ4n) is 1.59. The average Bonchev–Trinajstić information content (AvgIpc) is 2.37.